The lowest BCUT2D eigenvalue weighted by atomic mass is 10.0. The Balaban J connectivity index is 2.66. The summed E-state index contributed by atoms with van der Waals surface area (Å²) in [6.45, 7) is 2.16. The maximum atomic E-state index is 10.2. The van der Waals surface area contributed by atoms with Gasteiger partial charge in [-0.25, -0.2) is 0 Å². The summed E-state index contributed by atoms with van der Waals surface area (Å²) in [4.78, 5) is 0. The SMILES string of the molecule is CCOc1c(C#N)cc(-c2ccccc2)c(O)c1Cl. The highest BCUT2D eigenvalue weighted by molar-refractivity contribution is 6.34. The highest BCUT2D eigenvalue weighted by Gasteiger charge is 2.18. The molecule has 0 amide bonds. The Labute approximate surface area is 116 Å². The second kappa shape index (κ2) is 5.64. The number of nitriles is 1. The molecule has 0 aliphatic rings. The standard InChI is InChI=1S/C15H12ClNO2/c1-2-19-15-11(9-17)8-12(14(18)13(15)16)10-6-4-3-5-7-10/h3-8,18H,2H2,1H3. The molecule has 2 aromatic carbocycles. The van der Waals surface area contributed by atoms with Crippen molar-refractivity contribution in [1.82, 2.24) is 0 Å². The van der Waals surface area contributed by atoms with Crippen LogP contribution in [-0.2, 0) is 0 Å². The number of phenolic OH excluding ortho intramolecular Hbond substituents is 1. The molecule has 0 radical (unpaired) electrons. The molecule has 0 atom stereocenters. The van der Waals surface area contributed by atoms with Gasteiger partial charge in [0.2, 0.25) is 0 Å². The minimum Gasteiger partial charge on any atom is -0.506 e. The second-order valence-corrected chi connectivity index (χ2v) is 4.25. The molecule has 96 valence electrons. The fourth-order valence-corrected chi connectivity index (χ4v) is 2.09. The van der Waals surface area contributed by atoms with E-state index in [1.165, 1.54) is 0 Å². The van der Waals surface area contributed by atoms with Crippen molar-refractivity contribution in [2.24, 2.45) is 0 Å². The Morgan fingerprint density at radius 3 is 2.58 bits per heavy atom. The Bertz CT molecular complexity index is 633. The minimum absolute atomic E-state index is 0.0692. The van der Waals surface area contributed by atoms with Gasteiger partial charge in [0.25, 0.3) is 0 Å². The van der Waals surface area contributed by atoms with E-state index in [4.69, 9.17) is 21.6 Å². The van der Waals surface area contributed by atoms with Crippen LogP contribution in [0, 0.1) is 11.3 Å². The molecule has 2 rings (SSSR count). The summed E-state index contributed by atoms with van der Waals surface area (Å²) in [5, 5.41) is 19.4. The van der Waals surface area contributed by atoms with E-state index in [9.17, 15) is 5.11 Å². The summed E-state index contributed by atoms with van der Waals surface area (Å²) >= 11 is 6.08. The molecule has 0 aromatic heterocycles. The van der Waals surface area contributed by atoms with Crippen LogP contribution in [0.25, 0.3) is 11.1 Å². The first kappa shape index (κ1) is 13.3. The first-order valence-electron chi connectivity index (χ1n) is 5.82. The van der Waals surface area contributed by atoms with E-state index in [0.717, 1.165) is 5.56 Å². The van der Waals surface area contributed by atoms with Crippen molar-refractivity contribution < 1.29 is 9.84 Å². The van der Waals surface area contributed by atoms with Crippen molar-refractivity contribution in [3.05, 3.63) is 47.0 Å². The van der Waals surface area contributed by atoms with Gasteiger partial charge in [-0.1, -0.05) is 41.9 Å². The third-order valence-electron chi connectivity index (χ3n) is 2.69. The topological polar surface area (TPSA) is 53.2 Å². The number of hydrogen-bond acceptors (Lipinski definition) is 3. The van der Waals surface area contributed by atoms with Gasteiger partial charge in [0, 0.05) is 5.56 Å². The number of hydrogen-bond donors (Lipinski definition) is 1. The monoisotopic (exact) mass is 273 g/mol. The molecule has 2 aromatic rings. The van der Waals surface area contributed by atoms with Gasteiger partial charge in [-0.05, 0) is 18.6 Å². The molecule has 0 aliphatic carbocycles. The molecular weight excluding hydrogens is 262 g/mol. The molecule has 4 heteroatoms. The van der Waals surface area contributed by atoms with Crippen LogP contribution in [0.5, 0.6) is 11.5 Å². The molecule has 1 N–H and O–H groups in total. The van der Waals surface area contributed by atoms with Gasteiger partial charge >= 0.3 is 0 Å². The average Bonchev–Trinajstić information content (AvgIpc) is 2.45. The average molecular weight is 274 g/mol. The van der Waals surface area contributed by atoms with Crippen LogP contribution in [0.3, 0.4) is 0 Å². The zero-order valence-corrected chi connectivity index (χ0v) is 11.1. The van der Waals surface area contributed by atoms with Crippen LogP contribution < -0.4 is 4.74 Å². The van der Waals surface area contributed by atoms with E-state index in [1.807, 2.05) is 36.4 Å². The molecule has 0 unspecified atom stereocenters. The van der Waals surface area contributed by atoms with Gasteiger partial charge in [-0.15, -0.1) is 0 Å². The van der Waals surface area contributed by atoms with Gasteiger partial charge in [-0.2, -0.15) is 5.26 Å². The lowest BCUT2D eigenvalue weighted by Crippen LogP contribution is -1.96. The number of nitrogens with zero attached hydrogens (tertiary/aromatic N) is 1. The third kappa shape index (κ3) is 2.49. The maximum Gasteiger partial charge on any atom is 0.159 e. The summed E-state index contributed by atoms with van der Waals surface area (Å²) in [5.41, 5.74) is 1.62. The lowest BCUT2D eigenvalue weighted by molar-refractivity contribution is 0.337. The van der Waals surface area contributed by atoms with Crippen molar-refractivity contribution in [3.8, 4) is 28.7 Å². The van der Waals surface area contributed by atoms with Crippen LogP contribution in [0.1, 0.15) is 12.5 Å². The highest BCUT2D eigenvalue weighted by atomic mass is 35.5. The third-order valence-corrected chi connectivity index (χ3v) is 3.04. The largest absolute Gasteiger partial charge is 0.506 e. The lowest BCUT2D eigenvalue weighted by Gasteiger charge is -2.13. The van der Waals surface area contributed by atoms with Gasteiger partial charge < -0.3 is 9.84 Å². The number of halogens is 1. The number of ether oxygens (including phenoxy) is 1. The quantitative estimate of drug-likeness (QED) is 0.920. The fraction of sp³-hybridized carbons (Fsp3) is 0.133. The molecule has 0 fully saturated rings. The van der Waals surface area contributed by atoms with E-state index < -0.39 is 0 Å². The molecule has 0 saturated carbocycles. The molecule has 0 spiro atoms. The normalized spacial score (nSPS) is 9.95. The number of benzene rings is 2. The van der Waals surface area contributed by atoms with E-state index >= 15 is 0 Å². The van der Waals surface area contributed by atoms with Crippen molar-refractivity contribution in [2.75, 3.05) is 6.61 Å². The summed E-state index contributed by atoms with van der Waals surface area (Å²) in [6, 6.07) is 12.9. The molecular formula is C15H12ClNO2. The van der Waals surface area contributed by atoms with Crippen molar-refractivity contribution in [2.45, 2.75) is 6.92 Å². The zero-order valence-electron chi connectivity index (χ0n) is 10.4. The van der Waals surface area contributed by atoms with Crippen LogP contribution in [0.2, 0.25) is 5.02 Å². The van der Waals surface area contributed by atoms with E-state index in [0.29, 0.717) is 17.7 Å². The number of phenols is 1. The van der Waals surface area contributed by atoms with Crippen LogP contribution in [0.15, 0.2) is 36.4 Å². The van der Waals surface area contributed by atoms with Crippen LogP contribution >= 0.6 is 11.6 Å². The molecule has 0 saturated heterocycles. The van der Waals surface area contributed by atoms with E-state index in [-0.39, 0.29) is 16.5 Å². The first-order valence-corrected chi connectivity index (χ1v) is 6.20. The molecule has 19 heavy (non-hydrogen) atoms. The molecule has 3 nitrogen and oxygen atoms in total. The van der Waals surface area contributed by atoms with Gasteiger partial charge in [0.1, 0.15) is 16.8 Å². The molecule has 0 heterocycles. The van der Waals surface area contributed by atoms with Gasteiger partial charge in [0.15, 0.2) is 5.75 Å². The number of aromatic hydroxyl groups is 1. The highest BCUT2D eigenvalue weighted by Crippen LogP contribution is 2.43. The Kier molecular flexibility index (Phi) is 3.94. The molecule has 0 aliphatic heterocycles. The summed E-state index contributed by atoms with van der Waals surface area (Å²) < 4.78 is 5.32. The van der Waals surface area contributed by atoms with Gasteiger partial charge in [-0.3, -0.25) is 0 Å². The van der Waals surface area contributed by atoms with Crippen molar-refractivity contribution in [1.29, 1.82) is 5.26 Å². The van der Waals surface area contributed by atoms with Gasteiger partial charge in [0.05, 0.1) is 12.2 Å². The first-order chi connectivity index (χ1) is 9.19. The second-order valence-electron chi connectivity index (χ2n) is 3.87. The zero-order chi connectivity index (χ0) is 13.8. The van der Waals surface area contributed by atoms with Crippen LogP contribution in [0.4, 0.5) is 0 Å². The Hall–Kier alpha value is -2.18. The van der Waals surface area contributed by atoms with Crippen LogP contribution in [-0.4, -0.2) is 11.7 Å². The summed E-state index contributed by atoms with van der Waals surface area (Å²) in [7, 11) is 0. The molecule has 0 bridgehead atoms. The van der Waals surface area contributed by atoms with E-state index in [1.54, 1.807) is 13.0 Å². The van der Waals surface area contributed by atoms with Crippen molar-refractivity contribution in [3.63, 3.8) is 0 Å². The summed E-state index contributed by atoms with van der Waals surface area (Å²) in [5.74, 6) is 0.152. The maximum absolute atomic E-state index is 10.2. The Morgan fingerprint density at radius 1 is 1.32 bits per heavy atom. The fourth-order valence-electron chi connectivity index (χ4n) is 1.83. The summed E-state index contributed by atoms with van der Waals surface area (Å²) in [6.07, 6.45) is 0. The van der Waals surface area contributed by atoms with Crippen molar-refractivity contribution >= 4 is 11.6 Å². The number of rotatable bonds is 3. The predicted octanol–water partition coefficient (Wildman–Crippen LogP) is 3.98. The van der Waals surface area contributed by atoms with E-state index in [2.05, 4.69) is 0 Å². The minimum atomic E-state index is -0.0738. The predicted molar refractivity (Wildman–Crippen MR) is 74.4 cm³/mol. The smallest absolute Gasteiger partial charge is 0.159 e. The Morgan fingerprint density at radius 2 is 2.00 bits per heavy atom.